The first-order valence-electron chi connectivity index (χ1n) is 6.42. The highest BCUT2D eigenvalue weighted by Crippen LogP contribution is 2.20. The Morgan fingerprint density at radius 3 is 2.55 bits per heavy atom. The largest absolute Gasteiger partial charge is 0.345 e. The molecule has 0 spiro atoms. The van der Waals surface area contributed by atoms with Crippen LogP contribution >= 0.6 is 27.5 Å². The van der Waals surface area contributed by atoms with E-state index in [4.69, 9.17) is 11.6 Å². The summed E-state index contributed by atoms with van der Waals surface area (Å²) in [4.78, 5) is 12.2. The number of amides is 1. The normalized spacial score (nSPS) is 11.9. The summed E-state index contributed by atoms with van der Waals surface area (Å²) < 4.78 is 0.893. The van der Waals surface area contributed by atoms with Gasteiger partial charge in [-0.3, -0.25) is 4.79 Å². The molecule has 1 N–H and O–H groups in total. The molecule has 0 heterocycles. The van der Waals surface area contributed by atoms with E-state index in [0.717, 1.165) is 16.5 Å². The Morgan fingerprint density at radius 1 is 1.25 bits per heavy atom. The molecule has 4 heteroatoms. The van der Waals surface area contributed by atoms with E-state index in [-0.39, 0.29) is 11.9 Å². The van der Waals surface area contributed by atoms with Gasteiger partial charge in [-0.1, -0.05) is 52.7 Å². The van der Waals surface area contributed by atoms with Gasteiger partial charge in [-0.25, -0.2) is 0 Å². The predicted octanol–water partition coefficient (Wildman–Crippen LogP) is 4.98. The molecule has 1 atom stereocenters. The minimum atomic E-state index is -0.0758. The van der Waals surface area contributed by atoms with E-state index < -0.39 is 0 Å². The van der Waals surface area contributed by atoms with Crippen LogP contribution in [0.25, 0.3) is 0 Å². The van der Waals surface area contributed by atoms with Crippen molar-refractivity contribution in [3.63, 3.8) is 0 Å². The lowest BCUT2D eigenvalue weighted by atomic mass is 10.0. The van der Waals surface area contributed by atoms with Gasteiger partial charge in [0.25, 0.3) is 5.91 Å². The smallest absolute Gasteiger partial charge is 0.251 e. The van der Waals surface area contributed by atoms with Crippen LogP contribution in [0.3, 0.4) is 0 Å². The summed E-state index contributed by atoms with van der Waals surface area (Å²) in [6.45, 7) is 2.04. The molecule has 2 aromatic rings. The van der Waals surface area contributed by atoms with Crippen molar-refractivity contribution in [3.05, 3.63) is 69.2 Å². The van der Waals surface area contributed by atoms with Crippen molar-refractivity contribution in [2.24, 2.45) is 0 Å². The minimum absolute atomic E-state index is 0.0150. The summed E-state index contributed by atoms with van der Waals surface area (Å²) in [6, 6.07) is 14.9. The molecule has 0 fully saturated rings. The molecule has 2 aromatic carbocycles. The summed E-state index contributed by atoms with van der Waals surface area (Å²) in [6.07, 6.45) is 0.821. The summed E-state index contributed by atoms with van der Waals surface area (Å²) in [5, 5.41) is 3.74. The maximum absolute atomic E-state index is 12.2. The van der Waals surface area contributed by atoms with Crippen LogP contribution in [-0.4, -0.2) is 5.91 Å². The number of carbonyl (C=O) groups excluding carboxylic acids is 1. The summed E-state index contributed by atoms with van der Waals surface area (Å²) >= 11 is 9.26. The van der Waals surface area contributed by atoms with Crippen LogP contribution in [0.5, 0.6) is 0 Å². The maximum atomic E-state index is 12.2. The predicted molar refractivity (Wildman–Crippen MR) is 86.1 cm³/mol. The summed E-state index contributed by atoms with van der Waals surface area (Å²) in [5.41, 5.74) is 1.70. The molecule has 0 radical (unpaired) electrons. The summed E-state index contributed by atoms with van der Waals surface area (Å²) in [7, 11) is 0. The molecule has 0 saturated heterocycles. The van der Waals surface area contributed by atoms with Crippen LogP contribution in [0.4, 0.5) is 0 Å². The highest BCUT2D eigenvalue weighted by atomic mass is 79.9. The molecule has 104 valence electrons. The molecule has 2 nitrogen and oxygen atoms in total. The molecule has 0 saturated carbocycles. The Labute approximate surface area is 132 Å². The van der Waals surface area contributed by atoms with E-state index >= 15 is 0 Å². The first kappa shape index (κ1) is 15.1. The van der Waals surface area contributed by atoms with Crippen LogP contribution in [-0.2, 0) is 0 Å². The van der Waals surface area contributed by atoms with Crippen molar-refractivity contribution in [2.75, 3.05) is 0 Å². The molecule has 0 aromatic heterocycles. The third-order valence-corrected chi connectivity index (χ3v) is 3.82. The van der Waals surface area contributed by atoms with E-state index in [1.54, 1.807) is 6.07 Å². The fourth-order valence-corrected chi connectivity index (χ4v) is 2.51. The van der Waals surface area contributed by atoms with Crippen LogP contribution < -0.4 is 5.32 Å². The molecule has 0 aliphatic heterocycles. The topological polar surface area (TPSA) is 29.1 Å². The van der Waals surface area contributed by atoms with Crippen molar-refractivity contribution < 1.29 is 4.79 Å². The number of carbonyl (C=O) groups is 1. The average molecular weight is 353 g/mol. The van der Waals surface area contributed by atoms with Gasteiger partial charge in [0, 0.05) is 15.1 Å². The maximum Gasteiger partial charge on any atom is 0.251 e. The Balaban J connectivity index is 2.14. The molecular weight excluding hydrogens is 338 g/mol. The van der Waals surface area contributed by atoms with E-state index in [1.807, 2.05) is 49.4 Å². The van der Waals surface area contributed by atoms with Gasteiger partial charge in [0.05, 0.1) is 6.04 Å². The lowest BCUT2D eigenvalue weighted by molar-refractivity contribution is 0.0935. The molecule has 2 rings (SSSR count). The molecule has 0 aliphatic carbocycles. The van der Waals surface area contributed by atoms with Gasteiger partial charge in [-0.15, -0.1) is 0 Å². The van der Waals surface area contributed by atoms with Crippen molar-refractivity contribution in [1.29, 1.82) is 0 Å². The van der Waals surface area contributed by atoms with Gasteiger partial charge in [0.2, 0.25) is 0 Å². The van der Waals surface area contributed by atoms with Gasteiger partial charge in [0.1, 0.15) is 0 Å². The van der Waals surface area contributed by atoms with E-state index in [0.29, 0.717) is 10.6 Å². The highest BCUT2D eigenvalue weighted by Gasteiger charge is 2.14. The lowest BCUT2D eigenvalue weighted by Gasteiger charge is -2.17. The zero-order valence-corrected chi connectivity index (χ0v) is 13.4. The highest BCUT2D eigenvalue weighted by molar-refractivity contribution is 9.10. The van der Waals surface area contributed by atoms with E-state index in [1.165, 1.54) is 0 Å². The summed E-state index contributed by atoms with van der Waals surface area (Å²) in [5.74, 6) is -0.0758. The zero-order valence-electron chi connectivity index (χ0n) is 11.1. The van der Waals surface area contributed by atoms with Crippen LogP contribution in [0.15, 0.2) is 53.0 Å². The third-order valence-electron chi connectivity index (χ3n) is 3.07. The first-order chi connectivity index (χ1) is 9.60. The molecule has 0 aliphatic rings. The van der Waals surface area contributed by atoms with Gasteiger partial charge in [0.15, 0.2) is 0 Å². The number of halogens is 2. The molecule has 20 heavy (non-hydrogen) atoms. The van der Waals surface area contributed by atoms with Crippen molar-refractivity contribution in [3.8, 4) is 0 Å². The van der Waals surface area contributed by atoms with Gasteiger partial charge < -0.3 is 5.32 Å². The molecule has 0 bridgehead atoms. The fourth-order valence-electron chi connectivity index (χ4n) is 1.99. The second-order valence-electron chi connectivity index (χ2n) is 4.50. The number of hydrogen-bond acceptors (Lipinski definition) is 1. The van der Waals surface area contributed by atoms with Crippen molar-refractivity contribution in [2.45, 2.75) is 19.4 Å². The Kier molecular flexibility index (Phi) is 5.21. The minimum Gasteiger partial charge on any atom is -0.345 e. The van der Waals surface area contributed by atoms with Gasteiger partial charge in [-0.05, 0) is 42.3 Å². The first-order valence-corrected chi connectivity index (χ1v) is 7.59. The monoisotopic (exact) mass is 351 g/mol. The quantitative estimate of drug-likeness (QED) is 0.825. The van der Waals surface area contributed by atoms with Gasteiger partial charge in [-0.2, -0.15) is 0 Å². The number of benzene rings is 2. The second-order valence-corrected chi connectivity index (χ2v) is 5.85. The molecular formula is C16H15BrClNO. The van der Waals surface area contributed by atoms with Crippen molar-refractivity contribution in [1.82, 2.24) is 5.32 Å². The number of rotatable bonds is 4. The molecule has 1 unspecified atom stereocenters. The lowest BCUT2D eigenvalue weighted by Crippen LogP contribution is -2.28. The van der Waals surface area contributed by atoms with Crippen LogP contribution in [0, 0.1) is 0 Å². The number of nitrogens with one attached hydrogen (secondary N) is 1. The third kappa shape index (κ3) is 3.84. The average Bonchev–Trinajstić information content (AvgIpc) is 2.45. The Bertz CT molecular complexity index is 598. The van der Waals surface area contributed by atoms with Crippen LogP contribution in [0.2, 0.25) is 5.02 Å². The SMILES string of the molecule is CCC(NC(=O)c1cccc(Br)c1)c1ccc(Cl)cc1. The molecule has 1 amide bonds. The fraction of sp³-hybridized carbons (Fsp3) is 0.188. The zero-order chi connectivity index (χ0) is 14.5. The van der Waals surface area contributed by atoms with Crippen molar-refractivity contribution >= 4 is 33.4 Å². The standard InChI is InChI=1S/C16H15BrClNO/c1-2-15(11-6-8-14(18)9-7-11)19-16(20)12-4-3-5-13(17)10-12/h3-10,15H,2H2,1H3,(H,19,20). The Hall–Kier alpha value is -1.32. The van der Waals surface area contributed by atoms with E-state index in [2.05, 4.69) is 21.2 Å². The number of hydrogen-bond donors (Lipinski definition) is 1. The second kappa shape index (κ2) is 6.91. The van der Waals surface area contributed by atoms with E-state index in [9.17, 15) is 4.79 Å². The van der Waals surface area contributed by atoms with Gasteiger partial charge >= 0.3 is 0 Å². The Morgan fingerprint density at radius 2 is 1.95 bits per heavy atom. The van der Waals surface area contributed by atoms with Crippen LogP contribution in [0.1, 0.15) is 35.3 Å².